The smallest absolute Gasteiger partial charge is 0.310 e. The SMILES string of the molecule is NC1=NC(c2nn(Cc3ccccc3F)c3c(F)cccc23)=NC(N)C1(F)N=Nc1ccccc1. The maximum Gasteiger partial charge on any atom is 0.310 e. The fraction of sp³-hybridized carbons (Fsp3) is 0.125. The Morgan fingerprint density at radius 3 is 2.40 bits per heavy atom. The summed E-state index contributed by atoms with van der Waals surface area (Å²) in [5.41, 5.74) is 12.8. The highest BCUT2D eigenvalue weighted by Gasteiger charge is 2.45. The molecule has 0 bridgehead atoms. The van der Waals surface area contributed by atoms with E-state index < -0.39 is 29.4 Å². The second-order valence-electron chi connectivity index (χ2n) is 7.84. The fourth-order valence-electron chi connectivity index (χ4n) is 3.70. The molecule has 8 nitrogen and oxygen atoms in total. The van der Waals surface area contributed by atoms with Crippen molar-refractivity contribution in [3.63, 3.8) is 0 Å². The molecule has 2 atom stereocenters. The molecule has 5 rings (SSSR count). The fourth-order valence-corrected chi connectivity index (χ4v) is 3.70. The molecule has 1 aliphatic heterocycles. The first-order valence-electron chi connectivity index (χ1n) is 10.6. The number of para-hydroxylation sites is 1. The molecule has 176 valence electrons. The van der Waals surface area contributed by atoms with Crippen LogP contribution in [0.15, 0.2) is 93.0 Å². The molecule has 0 spiro atoms. The monoisotopic (exact) mass is 476 g/mol. The highest BCUT2D eigenvalue weighted by Crippen LogP contribution is 2.29. The normalized spacial score (nSPS) is 20.3. The molecule has 0 radical (unpaired) electrons. The second-order valence-corrected chi connectivity index (χ2v) is 7.84. The Morgan fingerprint density at radius 2 is 1.66 bits per heavy atom. The van der Waals surface area contributed by atoms with E-state index in [1.165, 1.54) is 22.9 Å². The van der Waals surface area contributed by atoms with Crippen molar-refractivity contribution in [3.05, 3.63) is 95.7 Å². The minimum absolute atomic E-state index is 0.0546. The summed E-state index contributed by atoms with van der Waals surface area (Å²) in [5, 5.41) is 12.3. The molecule has 2 unspecified atom stereocenters. The number of alkyl halides is 1. The molecular weight excluding hydrogens is 457 g/mol. The van der Waals surface area contributed by atoms with E-state index in [1.807, 2.05) is 0 Å². The lowest BCUT2D eigenvalue weighted by Gasteiger charge is -2.26. The van der Waals surface area contributed by atoms with E-state index in [2.05, 4.69) is 25.3 Å². The zero-order valence-electron chi connectivity index (χ0n) is 18.2. The molecule has 0 fully saturated rings. The van der Waals surface area contributed by atoms with Gasteiger partial charge in [0.1, 0.15) is 22.8 Å². The summed E-state index contributed by atoms with van der Waals surface area (Å²) in [7, 11) is 0. The van der Waals surface area contributed by atoms with E-state index in [0.717, 1.165) is 0 Å². The third kappa shape index (κ3) is 4.06. The maximum atomic E-state index is 15.6. The molecule has 0 saturated heterocycles. The zero-order chi connectivity index (χ0) is 24.6. The van der Waals surface area contributed by atoms with Crippen molar-refractivity contribution in [2.24, 2.45) is 31.7 Å². The van der Waals surface area contributed by atoms with Gasteiger partial charge >= 0.3 is 5.79 Å². The quantitative estimate of drug-likeness (QED) is 0.332. The summed E-state index contributed by atoms with van der Waals surface area (Å²) in [6, 6.07) is 18.9. The average Bonchev–Trinajstić information content (AvgIpc) is 3.23. The van der Waals surface area contributed by atoms with Crippen molar-refractivity contribution in [3.8, 4) is 0 Å². The minimum atomic E-state index is -2.68. The lowest BCUT2D eigenvalue weighted by molar-refractivity contribution is 0.211. The van der Waals surface area contributed by atoms with Crippen molar-refractivity contribution in [2.75, 3.05) is 0 Å². The molecule has 0 aliphatic carbocycles. The number of amidine groups is 2. The Morgan fingerprint density at radius 1 is 0.943 bits per heavy atom. The van der Waals surface area contributed by atoms with Crippen LogP contribution in [0.3, 0.4) is 0 Å². The number of nitrogens with zero attached hydrogens (tertiary/aromatic N) is 6. The molecule has 35 heavy (non-hydrogen) atoms. The van der Waals surface area contributed by atoms with Gasteiger partial charge in [-0.25, -0.2) is 23.2 Å². The molecular formula is C24H19F3N8. The summed E-state index contributed by atoms with van der Waals surface area (Å²) in [6.07, 6.45) is -1.58. The van der Waals surface area contributed by atoms with Crippen LogP contribution in [-0.4, -0.2) is 33.4 Å². The standard InChI is InChI=1S/C24H19F3N8/c25-17-11-5-4-7-14(17)13-35-20-16(10-6-12-18(20)26)19(33-35)21-30-22(28)24(27,23(29)31-21)34-32-15-8-2-1-3-9-15/h1-12,22H,13,28H2,(H2,29,30,31). The Bertz CT molecular complexity index is 1500. The van der Waals surface area contributed by atoms with Gasteiger partial charge in [-0.05, 0) is 24.3 Å². The van der Waals surface area contributed by atoms with E-state index in [9.17, 15) is 8.78 Å². The van der Waals surface area contributed by atoms with Crippen molar-refractivity contribution < 1.29 is 13.2 Å². The number of hydrogen-bond acceptors (Lipinski definition) is 7. The number of azo groups is 1. The van der Waals surface area contributed by atoms with Crippen LogP contribution in [0, 0.1) is 11.6 Å². The van der Waals surface area contributed by atoms with Gasteiger partial charge in [-0.15, -0.1) is 5.11 Å². The predicted molar refractivity (Wildman–Crippen MR) is 126 cm³/mol. The topological polar surface area (TPSA) is 119 Å². The predicted octanol–water partition coefficient (Wildman–Crippen LogP) is 4.21. The van der Waals surface area contributed by atoms with Gasteiger partial charge < -0.3 is 11.5 Å². The summed E-state index contributed by atoms with van der Waals surface area (Å²) >= 11 is 0. The number of benzene rings is 3. The van der Waals surface area contributed by atoms with Gasteiger partial charge in [0.05, 0.1) is 12.2 Å². The Hall–Kier alpha value is -4.38. The van der Waals surface area contributed by atoms with Crippen LogP contribution >= 0.6 is 0 Å². The number of aromatic nitrogens is 2. The van der Waals surface area contributed by atoms with Gasteiger partial charge in [0.2, 0.25) is 0 Å². The molecule has 4 aromatic rings. The molecule has 2 heterocycles. The number of hydrogen-bond donors (Lipinski definition) is 2. The van der Waals surface area contributed by atoms with E-state index in [4.69, 9.17) is 11.5 Å². The largest absolute Gasteiger partial charge is 0.383 e. The summed E-state index contributed by atoms with van der Waals surface area (Å²) in [5.74, 6) is -4.38. The lowest BCUT2D eigenvalue weighted by atomic mass is 10.1. The number of nitrogens with two attached hydrogens (primary N) is 2. The molecule has 11 heteroatoms. The first-order chi connectivity index (χ1) is 16.9. The molecule has 0 amide bonds. The number of halogens is 3. The van der Waals surface area contributed by atoms with Crippen molar-refractivity contribution in [1.29, 1.82) is 0 Å². The van der Waals surface area contributed by atoms with Crippen LogP contribution < -0.4 is 11.5 Å². The van der Waals surface area contributed by atoms with Crippen LogP contribution in [0.1, 0.15) is 11.3 Å². The Labute approximate surface area is 197 Å². The van der Waals surface area contributed by atoms with E-state index in [-0.39, 0.29) is 23.6 Å². The van der Waals surface area contributed by atoms with Crippen LogP contribution in [0.2, 0.25) is 0 Å². The average molecular weight is 476 g/mol. The van der Waals surface area contributed by atoms with Crippen molar-refractivity contribution in [1.82, 2.24) is 9.78 Å². The second kappa shape index (κ2) is 8.76. The third-order valence-electron chi connectivity index (χ3n) is 5.52. The number of rotatable bonds is 5. The van der Waals surface area contributed by atoms with E-state index in [0.29, 0.717) is 16.6 Å². The van der Waals surface area contributed by atoms with Crippen LogP contribution in [-0.2, 0) is 6.54 Å². The molecule has 1 aromatic heterocycles. The van der Waals surface area contributed by atoms with Gasteiger partial charge in [-0.3, -0.25) is 4.68 Å². The number of aliphatic imine (C=N–C) groups is 2. The van der Waals surface area contributed by atoms with Gasteiger partial charge in [0, 0.05) is 10.9 Å². The highest BCUT2D eigenvalue weighted by atomic mass is 19.1. The maximum absolute atomic E-state index is 15.6. The molecule has 4 N–H and O–H groups in total. The van der Waals surface area contributed by atoms with Crippen LogP contribution in [0.5, 0.6) is 0 Å². The van der Waals surface area contributed by atoms with Gasteiger partial charge in [-0.2, -0.15) is 10.2 Å². The number of fused-ring (bicyclic) bond motifs is 1. The van der Waals surface area contributed by atoms with Gasteiger partial charge in [-0.1, -0.05) is 48.5 Å². The summed E-state index contributed by atoms with van der Waals surface area (Å²) < 4.78 is 45.9. The Kier molecular flexibility index (Phi) is 5.61. The Balaban J connectivity index is 1.55. The van der Waals surface area contributed by atoms with E-state index in [1.54, 1.807) is 54.6 Å². The summed E-state index contributed by atoms with van der Waals surface area (Å²) in [6.45, 7) is -0.0546. The van der Waals surface area contributed by atoms with Crippen LogP contribution in [0.4, 0.5) is 18.9 Å². The molecule has 3 aromatic carbocycles. The zero-order valence-corrected chi connectivity index (χ0v) is 18.2. The first kappa shape index (κ1) is 22.4. The van der Waals surface area contributed by atoms with Gasteiger partial charge in [0.25, 0.3) is 0 Å². The first-order valence-corrected chi connectivity index (χ1v) is 10.6. The van der Waals surface area contributed by atoms with E-state index >= 15 is 4.39 Å². The van der Waals surface area contributed by atoms with Crippen molar-refractivity contribution >= 4 is 28.3 Å². The highest BCUT2D eigenvalue weighted by molar-refractivity contribution is 6.14. The van der Waals surface area contributed by atoms with Crippen molar-refractivity contribution in [2.45, 2.75) is 18.5 Å². The molecule has 1 aliphatic rings. The summed E-state index contributed by atoms with van der Waals surface area (Å²) in [4.78, 5) is 8.16. The molecule has 0 saturated carbocycles. The van der Waals surface area contributed by atoms with Crippen LogP contribution in [0.25, 0.3) is 10.9 Å². The minimum Gasteiger partial charge on any atom is -0.383 e. The van der Waals surface area contributed by atoms with Gasteiger partial charge in [0.15, 0.2) is 17.8 Å². The third-order valence-corrected chi connectivity index (χ3v) is 5.52. The lowest BCUT2D eigenvalue weighted by Crippen LogP contribution is -2.54.